The Bertz CT molecular complexity index is 757. The van der Waals surface area contributed by atoms with Crippen molar-refractivity contribution in [2.75, 3.05) is 12.4 Å². The number of benzene rings is 2. The Labute approximate surface area is 137 Å². The molecule has 0 aromatic heterocycles. The molecule has 23 heavy (non-hydrogen) atoms. The first-order valence-electron chi connectivity index (χ1n) is 6.56. The highest BCUT2D eigenvalue weighted by molar-refractivity contribution is 6.30. The minimum Gasteiger partial charge on any atom is -0.496 e. The van der Waals surface area contributed by atoms with Gasteiger partial charge in [0.1, 0.15) is 11.4 Å². The molecular weight excluding hydrogens is 320 g/mol. The van der Waals surface area contributed by atoms with Crippen LogP contribution in [0, 0.1) is 10.1 Å². The summed E-state index contributed by atoms with van der Waals surface area (Å²) >= 11 is 5.78. The monoisotopic (exact) mass is 332 g/mol. The maximum absolute atomic E-state index is 11.9. The highest BCUT2D eigenvalue weighted by Crippen LogP contribution is 2.28. The number of carbonyl (C=O) groups is 1. The molecule has 0 saturated heterocycles. The van der Waals surface area contributed by atoms with Crippen LogP contribution >= 0.6 is 11.6 Å². The van der Waals surface area contributed by atoms with Crippen LogP contribution in [0.5, 0.6) is 5.75 Å². The summed E-state index contributed by atoms with van der Waals surface area (Å²) in [6.07, 6.45) is 2.87. The molecule has 2 rings (SSSR count). The molecule has 0 aliphatic rings. The lowest BCUT2D eigenvalue weighted by molar-refractivity contribution is -0.384. The first-order chi connectivity index (χ1) is 11.0. The van der Waals surface area contributed by atoms with E-state index in [2.05, 4.69) is 5.32 Å². The second-order valence-corrected chi connectivity index (χ2v) is 4.95. The zero-order valence-electron chi connectivity index (χ0n) is 12.2. The van der Waals surface area contributed by atoms with Gasteiger partial charge in [-0.1, -0.05) is 23.7 Å². The first-order valence-corrected chi connectivity index (χ1v) is 6.94. The Hall–Kier alpha value is -2.86. The number of hydrogen-bond donors (Lipinski definition) is 1. The fourth-order valence-electron chi connectivity index (χ4n) is 1.82. The van der Waals surface area contributed by atoms with Crippen LogP contribution < -0.4 is 10.1 Å². The highest BCUT2D eigenvalue weighted by atomic mass is 35.5. The molecule has 0 spiro atoms. The number of halogens is 1. The number of nitro groups is 1. The Kier molecular flexibility index (Phi) is 5.32. The molecule has 1 N–H and O–H groups in total. The predicted molar refractivity (Wildman–Crippen MR) is 88.8 cm³/mol. The second kappa shape index (κ2) is 7.42. The Balaban J connectivity index is 2.13. The number of rotatable bonds is 5. The van der Waals surface area contributed by atoms with E-state index in [1.165, 1.54) is 31.4 Å². The zero-order valence-corrected chi connectivity index (χ0v) is 12.9. The van der Waals surface area contributed by atoms with Crippen molar-refractivity contribution >= 4 is 35.0 Å². The van der Waals surface area contributed by atoms with Gasteiger partial charge in [0.2, 0.25) is 5.91 Å². The van der Waals surface area contributed by atoms with Gasteiger partial charge in [0.15, 0.2) is 0 Å². The first kappa shape index (κ1) is 16.5. The van der Waals surface area contributed by atoms with E-state index < -0.39 is 10.8 Å². The zero-order chi connectivity index (χ0) is 16.8. The van der Waals surface area contributed by atoms with Crippen LogP contribution in [-0.4, -0.2) is 17.9 Å². The van der Waals surface area contributed by atoms with E-state index in [1.807, 2.05) is 0 Å². The van der Waals surface area contributed by atoms with Crippen LogP contribution in [-0.2, 0) is 4.79 Å². The van der Waals surface area contributed by atoms with Gasteiger partial charge in [0.25, 0.3) is 5.69 Å². The maximum atomic E-state index is 11.9. The summed E-state index contributed by atoms with van der Waals surface area (Å²) in [5.74, 6) is -0.139. The van der Waals surface area contributed by atoms with E-state index in [1.54, 1.807) is 30.3 Å². The van der Waals surface area contributed by atoms with Gasteiger partial charge in [-0.25, -0.2) is 0 Å². The quantitative estimate of drug-likeness (QED) is 0.511. The van der Waals surface area contributed by atoms with Crippen LogP contribution in [0.15, 0.2) is 48.5 Å². The van der Waals surface area contributed by atoms with Crippen molar-refractivity contribution in [3.63, 3.8) is 0 Å². The molecule has 0 atom stereocenters. The molecule has 118 valence electrons. The molecule has 0 aliphatic heterocycles. The van der Waals surface area contributed by atoms with Crippen LogP contribution in [0.2, 0.25) is 5.02 Å². The molecule has 6 nitrogen and oxygen atoms in total. The summed E-state index contributed by atoms with van der Waals surface area (Å²) < 4.78 is 4.94. The number of hydrogen-bond acceptors (Lipinski definition) is 4. The maximum Gasteiger partial charge on any atom is 0.296 e. The average molecular weight is 333 g/mol. The number of carbonyl (C=O) groups excluding carboxylic acids is 1. The van der Waals surface area contributed by atoms with Gasteiger partial charge in [-0.05, 0) is 35.9 Å². The van der Waals surface area contributed by atoms with Crippen molar-refractivity contribution in [3.05, 3.63) is 69.2 Å². The molecule has 7 heteroatoms. The van der Waals surface area contributed by atoms with E-state index >= 15 is 0 Å². The molecule has 2 aromatic rings. The lowest BCUT2D eigenvalue weighted by Crippen LogP contribution is -2.09. The van der Waals surface area contributed by atoms with Gasteiger partial charge in [-0.3, -0.25) is 14.9 Å². The van der Waals surface area contributed by atoms with Crippen molar-refractivity contribution in [3.8, 4) is 5.75 Å². The van der Waals surface area contributed by atoms with Crippen LogP contribution in [0.4, 0.5) is 11.4 Å². The summed E-state index contributed by atoms with van der Waals surface area (Å²) in [6, 6.07) is 11.1. The number of amides is 1. The SMILES string of the molecule is COc1ccc(NC(=O)/C=C/c2ccc(Cl)cc2)c([N+](=O)[O-])c1. The van der Waals surface area contributed by atoms with Crippen LogP contribution in [0.3, 0.4) is 0 Å². The number of methoxy groups -OCH3 is 1. The highest BCUT2D eigenvalue weighted by Gasteiger charge is 2.16. The van der Waals surface area contributed by atoms with Crippen molar-refractivity contribution in [2.45, 2.75) is 0 Å². The third-order valence-corrected chi connectivity index (χ3v) is 3.21. The van der Waals surface area contributed by atoms with Gasteiger partial charge < -0.3 is 10.1 Å². The molecule has 0 radical (unpaired) electrons. The van der Waals surface area contributed by atoms with E-state index in [0.717, 1.165) is 5.56 Å². The van der Waals surface area contributed by atoms with Crippen molar-refractivity contribution in [1.82, 2.24) is 0 Å². The van der Waals surface area contributed by atoms with E-state index in [9.17, 15) is 14.9 Å². The van der Waals surface area contributed by atoms with Gasteiger partial charge in [0, 0.05) is 11.1 Å². The smallest absolute Gasteiger partial charge is 0.296 e. The van der Waals surface area contributed by atoms with Gasteiger partial charge in [0.05, 0.1) is 18.1 Å². The Morgan fingerprint density at radius 1 is 1.26 bits per heavy atom. The summed E-state index contributed by atoms with van der Waals surface area (Å²) in [5.41, 5.74) is 0.646. The average Bonchev–Trinajstić information content (AvgIpc) is 2.54. The minimum atomic E-state index is -0.582. The Morgan fingerprint density at radius 2 is 1.96 bits per heavy atom. The molecule has 0 unspecified atom stereocenters. The largest absolute Gasteiger partial charge is 0.496 e. The summed E-state index contributed by atoms with van der Waals surface area (Å²) in [6.45, 7) is 0. The third kappa shape index (κ3) is 4.55. The standard InChI is InChI=1S/C16H13ClN2O4/c1-23-13-7-8-14(15(10-13)19(21)22)18-16(20)9-4-11-2-5-12(17)6-3-11/h2-10H,1H3,(H,18,20)/b9-4+. The molecule has 0 fully saturated rings. The molecule has 0 heterocycles. The topological polar surface area (TPSA) is 81.5 Å². The van der Waals surface area contributed by atoms with Gasteiger partial charge in [-0.15, -0.1) is 0 Å². The van der Waals surface area contributed by atoms with Gasteiger partial charge in [-0.2, -0.15) is 0 Å². The van der Waals surface area contributed by atoms with Gasteiger partial charge >= 0.3 is 0 Å². The number of ether oxygens (including phenoxy) is 1. The second-order valence-electron chi connectivity index (χ2n) is 4.51. The Morgan fingerprint density at radius 3 is 2.57 bits per heavy atom. The van der Waals surface area contributed by atoms with Crippen molar-refractivity contribution in [1.29, 1.82) is 0 Å². The number of nitrogens with zero attached hydrogens (tertiary/aromatic N) is 1. The normalized spacial score (nSPS) is 10.5. The summed E-state index contributed by atoms with van der Waals surface area (Å²) in [7, 11) is 1.41. The molecular formula is C16H13ClN2O4. The molecule has 0 saturated carbocycles. The molecule has 1 amide bonds. The van der Waals surface area contributed by atoms with E-state index in [0.29, 0.717) is 10.8 Å². The van der Waals surface area contributed by atoms with E-state index in [4.69, 9.17) is 16.3 Å². The number of nitro benzene ring substituents is 1. The molecule has 0 bridgehead atoms. The molecule has 0 aliphatic carbocycles. The fourth-order valence-corrected chi connectivity index (χ4v) is 1.94. The number of anilines is 1. The van der Waals surface area contributed by atoms with Crippen molar-refractivity contribution in [2.24, 2.45) is 0 Å². The van der Waals surface area contributed by atoms with Crippen molar-refractivity contribution < 1.29 is 14.5 Å². The van der Waals surface area contributed by atoms with Crippen LogP contribution in [0.1, 0.15) is 5.56 Å². The lowest BCUT2D eigenvalue weighted by Gasteiger charge is -2.05. The lowest BCUT2D eigenvalue weighted by atomic mass is 10.2. The van der Waals surface area contributed by atoms with Crippen LogP contribution in [0.25, 0.3) is 6.08 Å². The summed E-state index contributed by atoms with van der Waals surface area (Å²) in [5, 5.41) is 14.1. The molecule has 2 aromatic carbocycles. The summed E-state index contributed by atoms with van der Waals surface area (Å²) in [4.78, 5) is 22.4. The fraction of sp³-hybridized carbons (Fsp3) is 0.0625. The van der Waals surface area contributed by atoms with E-state index in [-0.39, 0.29) is 11.4 Å². The number of nitrogens with one attached hydrogen (secondary N) is 1. The predicted octanol–water partition coefficient (Wildman–Crippen LogP) is 3.91. The minimum absolute atomic E-state index is 0.0987. The third-order valence-electron chi connectivity index (χ3n) is 2.96.